The van der Waals surface area contributed by atoms with Crippen molar-refractivity contribution in [1.82, 2.24) is 0 Å². The van der Waals surface area contributed by atoms with Gasteiger partial charge in [0.25, 0.3) is 0 Å². The van der Waals surface area contributed by atoms with Crippen LogP contribution in [0.15, 0.2) is 29.2 Å². The average Bonchev–Trinajstić information content (AvgIpc) is 2.43. The highest BCUT2D eigenvalue weighted by Crippen LogP contribution is 2.20. The molecule has 1 unspecified atom stereocenters. The Kier molecular flexibility index (Phi) is 6.68. The Morgan fingerprint density at radius 3 is 2.35 bits per heavy atom. The first-order chi connectivity index (χ1) is 9.37. The van der Waals surface area contributed by atoms with Crippen molar-refractivity contribution in [2.24, 2.45) is 5.92 Å². The zero-order valence-corrected chi connectivity index (χ0v) is 12.7. The van der Waals surface area contributed by atoms with Gasteiger partial charge < -0.3 is 5.32 Å². The van der Waals surface area contributed by atoms with Crippen LogP contribution in [0.25, 0.3) is 0 Å². The fourth-order valence-electron chi connectivity index (χ4n) is 1.63. The van der Waals surface area contributed by atoms with Gasteiger partial charge in [-0.25, -0.2) is 8.42 Å². The molecule has 0 saturated heterocycles. The Hall–Kier alpha value is -0.880. The van der Waals surface area contributed by atoms with Crippen LogP contribution in [0.5, 0.6) is 0 Å². The third-order valence-electron chi connectivity index (χ3n) is 2.88. The highest BCUT2D eigenvalue weighted by atomic mass is 35.5. The van der Waals surface area contributed by atoms with E-state index in [0.717, 1.165) is 19.4 Å². The number of rotatable bonds is 8. The van der Waals surface area contributed by atoms with Crippen molar-refractivity contribution in [2.75, 3.05) is 17.7 Å². The number of halogens is 3. The van der Waals surface area contributed by atoms with Gasteiger partial charge in [-0.1, -0.05) is 6.92 Å². The molecule has 1 atom stereocenters. The SMILES string of the molecule is CC(CCl)CCCNc1ccc(S(=O)(=O)C(F)F)cc1. The maximum Gasteiger partial charge on any atom is 0.341 e. The molecule has 0 bridgehead atoms. The van der Waals surface area contributed by atoms with E-state index in [1.54, 1.807) is 0 Å². The molecule has 0 amide bonds. The second-order valence-corrected chi connectivity index (χ2v) is 6.88. The van der Waals surface area contributed by atoms with Crippen LogP contribution < -0.4 is 5.32 Å². The lowest BCUT2D eigenvalue weighted by molar-refractivity contribution is 0.234. The molecule has 0 saturated carbocycles. The lowest BCUT2D eigenvalue weighted by Crippen LogP contribution is -2.11. The van der Waals surface area contributed by atoms with Crippen molar-refractivity contribution >= 4 is 27.1 Å². The molecule has 0 aromatic heterocycles. The predicted octanol–water partition coefficient (Wildman–Crippen LogP) is 3.75. The fourth-order valence-corrected chi connectivity index (χ4v) is 2.50. The first kappa shape index (κ1) is 17.2. The molecule has 114 valence electrons. The van der Waals surface area contributed by atoms with Crippen molar-refractivity contribution in [3.05, 3.63) is 24.3 Å². The number of benzene rings is 1. The number of alkyl halides is 3. The van der Waals surface area contributed by atoms with Gasteiger partial charge in [-0.3, -0.25) is 0 Å². The summed E-state index contributed by atoms with van der Waals surface area (Å²) >= 11 is 5.70. The van der Waals surface area contributed by atoms with Crippen LogP contribution >= 0.6 is 11.6 Å². The molecule has 0 spiro atoms. The first-order valence-electron chi connectivity index (χ1n) is 6.30. The Morgan fingerprint density at radius 1 is 1.25 bits per heavy atom. The van der Waals surface area contributed by atoms with Crippen LogP contribution in [0.1, 0.15) is 19.8 Å². The summed E-state index contributed by atoms with van der Waals surface area (Å²) < 4.78 is 47.1. The Balaban J connectivity index is 2.52. The van der Waals surface area contributed by atoms with Crippen LogP contribution in [0, 0.1) is 5.92 Å². The summed E-state index contributed by atoms with van der Waals surface area (Å²) in [7, 11) is -4.51. The molecule has 0 radical (unpaired) electrons. The zero-order valence-electron chi connectivity index (χ0n) is 11.2. The van der Waals surface area contributed by atoms with Gasteiger partial charge in [-0.05, 0) is 43.0 Å². The second kappa shape index (κ2) is 7.78. The summed E-state index contributed by atoms with van der Waals surface area (Å²) in [6, 6.07) is 5.34. The number of anilines is 1. The highest BCUT2D eigenvalue weighted by Gasteiger charge is 2.26. The molecule has 20 heavy (non-hydrogen) atoms. The minimum absolute atomic E-state index is 0.367. The van der Waals surface area contributed by atoms with Gasteiger partial charge in [0.15, 0.2) is 0 Å². The lowest BCUT2D eigenvalue weighted by Gasteiger charge is -2.10. The average molecular weight is 326 g/mol. The molecule has 3 nitrogen and oxygen atoms in total. The molecule has 0 fully saturated rings. The molecule has 1 N–H and O–H groups in total. The smallest absolute Gasteiger partial charge is 0.341 e. The third-order valence-corrected chi connectivity index (χ3v) is 4.81. The van der Waals surface area contributed by atoms with E-state index in [9.17, 15) is 17.2 Å². The molecule has 1 aromatic carbocycles. The Morgan fingerprint density at radius 2 is 1.85 bits per heavy atom. The topological polar surface area (TPSA) is 46.2 Å². The lowest BCUT2D eigenvalue weighted by atomic mass is 10.1. The van der Waals surface area contributed by atoms with Gasteiger partial charge in [0.05, 0.1) is 4.90 Å². The van der Waals surface area contributed by atoms with Crippen molar-refractivity contribution in [1.29, 1.82) is 0 Å². The van der Waals surface area contributed by atoms with Crippen LogP contribution in [0.4, 0.5) is 14.5 Å². The summed E-state index contributed by atoms with van der Waals surface area (Å²) in [6.45, 7) is 2.79. The summed E-state index contributed by atoms with van der Waals surface area (Å²) in [4.78, 5) is -0.367. The van der Waals surface area contributed by atoms with Gasteiger partial charge in [0, 0.05) is 18.1 Å². The first-order valence-corrected chi connectivity index (χ1v) is 8.38. The van der Waals surface area contributed by atoms with E-state index in [1.807, 2.05) is 0 Å². The Labute approximate surface area is 123 Å². The van der Waals surface area contributed by atoms with Gasteiger partial charge in [0.2, 0.25) is 9.84 Å². The van der Waals surface area contributed by atoms with E-state index in [4.69, 9.17) is 11.6 Å². The monoisotopic (exact) mass is 325 g/mol. The van der Waals surface area contributed by atoms with E-state index in [1.165, 1.54) is 24.3 Å². The number of nitrogens with one attached hydrogen (secondary N) is 1. The van der Waals surface area contributed by atoms with Crippen LogP contribution in [-0.2, 0) is 9.84 Å². The minimum atomic E-state index is -4.51. The van der Waals surface area contributed by atoms with Gasteiger partial charge in [0.1, 0.15) is 0 Å². The van der Waals surface area contributed by atoms with Crippen molar-refractivity contribution in [2.45, 2.75) is 30.4 Å². The number of sulfone groups is 1. The second-order valence-electron chi connectivity index (χ2n) is 4.66. The summed E-state index contributed by atoms with van der Waals surface area (Å²) in [5.41, 5.74) is 0.705. The molecular formula is C13H18ClF2NO2S. The predicted molar refractivity (Wildman–Crippen MR) is 77.2 cm³/mol. The molecule has 1 rings (SSSR count). The molecule has 0 aliphatic heterocycles. The fraction of sp³-hybridized carbons (Fsp3) is 0.538. The maximum absolute atomic E-state index is 12.3. The minimum Gasteiger partial charge on any atom is -0.385 e. The number of hydrogen-bond donors (Lipinski definition) is 1. The van der Waals surface area contributed by atoms with E-state index in [0.29, 0.717) is 17.5 Å². The van der Waals surface area contributed by atoms with Gasteiger partial charge in [-0.2, -0.15) is 8.78 Å². The molecule has 0 heterocycles. The van der Waals surface area contributed by atoms with E-state index in [-0.39, 0.29) is 4.90 Å². The highest BCUT2D eigenvalue weighted by molar-refractivity contribution is 7.91. The normalized spacial score (nSPS) is 13.4. The summed E-state index contributed by atoms with van der Waals surface area (Å²) in [5, 5.41) is 3.11. The third kappa shape index (κ3) is 4.90. The zero-order chi connectivity index (χ0) is 15.2. The molecule has 1 aromatic rings. The summed E-state index contributed by atoms with van der Waals surface area (Å²) in [5.74, 6) is -2.31. The van der Waals surface area contributed by atoms with Crippen LogP contribution in [0.2, 0.25) is 0 Å². The Bertz CT molecular complexity index is 506. The van der Waals surface area contributed by atoms with Crippen LogP contribution in [0.3, 0.4) is 0 Å². The quantitative estimate of drug-likeness (QED) is 0.585. The number of hydrogen-bond acceptors (Lipinski definition) is 3. The standard InChI is InChI=1S/C13H18ClF2NO2S/c1-10(9-14)3-2-8-17-11-4-6-12(7-5-11)20(18,19)13(15)16/h4-7,10,13,17H,2-3,8-9H2,1H3. The van der Waals surface area contributed by atoms with Crippen LogP contribution in [-0.4, -0.2) is 26.6 Å². The van der Waals surface area contributed by atoms with Crippen molar-refractivity contribution < 1.29 is 17.2 Å². The molecule has 0 aliphatic rings. The van der Waals surface area contributed by atoms with Crippen molar-refractivity contribution in [3.8, 4) is 0 Å². The molecule has 7 heteroatoms. The van der Waals surface area contributed by atoms with E-state index >= 15 is 0 Å². The van der Waals surface area contributed by atoms with Gasteiger partial charge >= 0.3 is 5.76 Å². The maximum atomic E-state index is 12.3. The molecular weight excluding hydrogens is 308 g/mol. The van der Waals surface area contributed by atoms with Gasteiger partial charge in [-0.15, -0.1) is 11.6 Å². The van der Waals surface area contributed by atoms with E-state index < -0.39 is 15.6 Å². The van der Waals surface area contributed by atoms with E-state index in [2.05, 4.69) is 12.2 Å². The molecule has 0 aliphatic carbocycles. The van der Waals surface area contributed by atoms with Crippen molar-refractivity contribution in [3.63, 3.8) is 0 Å². The summed E-state index contributed by atoms with van der Waals surface area (Å²) in [6.07, 6.45) is 1.93. The largest absolute Gasteiger partial charge is 0.385 e.